The topological polar surface area (TPSA) is 82.8 Å². The fraction of sp³-hybridized carbons (Fsp3) is 0.381. The molecular weight excluding hydrogens is 504 g/mol. The van der Waals surface area contributed by atoms with Crippen LogP contribution in [-0.2, 0) is 17.8 Å². The van der Waals surface area contributed by atoms with Gasteiger partial charge in [0.25, 0.3) is 0 Å². The zero-order valence-electron chi connectivity index (χ0n) is 17.3. The van der Waals surface area contributed by atoms with Gasteiger partial charge < -0.3 is 25.3 Å². The van der Waals surface area contributed by atoms with E-state index in [2.05, 4.69) is 37.2 Å². The van der Waals surface area contributed by atoms with E-state index >= 15 is 0 Å². The molecule has 0 aliphatic carbocycles. The monoisotopic (exact) mass is 530 g/mol. The van der Waals surface area contributed by atoms with Gasteiger partial charge in [0.05, 0.1) is 23.2 Å². The van der Waals surface area contributed by atoms with Crippen molar-refractivity contribution in [2.75, 3.05) is 14.2 Å². The maximum atomic E-state index is 11.5. The van der Waals surface area contributed by atoms with E-state index in [-0.39, 0.29) is 0 Å². The summed E-state index contributed by atoms with van der Waals surface area (Å²) in [4.78, 5) is 11.5. The zero-order valence-corrected chi connectivity index (χ0v) is 20.5. The Morgan fingerprint density at radius 2 is 1.45 bits per heavy atom. The van der Waals surface area contributed by atoms with Crippen LogP contribution in [0.3, 0.4) is 0 Å². The number of halogens is 2. The van der Waals surface area contributed by atoms with E-state index in [9.17, 15) is 4.79 Å². The highest BCUT2D eigenvalue weighted by molar-refractivity contribution is 9.10. The summed E-state index contributed by atoms with van der Waals surface area (Å²) in [6.07, 6.45) is -0.440. The van der Waals surface area contributed by atoms with Crippen molar-refractivity contribution in [1.29, 1.82) is 0 Å². The lowest BCUT2D eigenvalue weighted by molar-refractivity contribution is 0.0523. The molecule has 0 aliphatic rings. The number of ether oxygens (including phenoxy) is 3. The second kappa shape index (κ2) is 12.0. The van der Waals surface area contributed by atoms with Gasteiger partial charge >= 0.3 is 6.09 Å². The van der Waals surface area contributed by atoms with Crippen LogP contribution in [0.15, 0.2) is 45.3 Å². The van der Waals surface area contributed by atoms with E-state index in [4.69, 9.17) is 19.9 Å². The Balaban J connectivity index is 0.000000326. The lowest BCUT2D eigenvalue weighted by Gasteiger charge is -2.20. The maximum absolute atomic E-state index is 11.5. The number of carbonyl (C=O) groups excluding carboxylic acids is 1. The SMILES string of the molecule is COc1c(Br)cccc1CN.COc1c(Br)cccc1CNC(=O)OC(C)(C)C. The molecule has 0 heterocycles. The van der Waals surface area contributed by atoms with Gasteiger partial charge in [0.2, 0.25) is 0 Å². The third-order valence-corrected chi connectivity index (χ3v) is 4.80. The highest BCUT2D eigenvalue weighted by Gasteiger charge is 2.16. The van der Waals surface area contributed by atoms with E-state index in [1.54, 1.807) is 14.2 Å². The molecule has 0 unspecified atom stereocenters. The summed E-state index contributed by atoms with van der Waals surface area (Å²) >= 11 is 6.76. The summed E-state index contributed by atoms with van der Waals surface area (Å²) in [5, 5.41) is 2.70. The molecule has 0 bridgehead atoms. The molecule has 0 atom stereocenters. The first-order chi connectivity index (χ1) is 13.6. The molecule has 2 rings (SSSR count). The van der Waals surface area contributed by atoms with Crippen LogP contribution in [0.2, 0.25) is 0 Å². The number of methoxy groups -OCH3 is 2. The van der Waals surface area contributed by atoms with Gasteiger partial charge in [-0.2, -0.15) is 0 Å². The minimum absolute atomic E-state index is 0.359. The summed E-state index contributed by atoms with van der Waals surface area (Å²) in [5.41, 5.74) is 6.90. The predicted molar refractivity (Wildman–Crippen MR) is 122 cm³/mol. The molecule has 8 heteroatoms. The van der Waals surface area contributed by atoms with Crippen LogP contribution in [0.1, 0.15) is 31.9 Å². The fourth-order valence-electron chi connectivity index (χ4n) is 2.35. The summed E-state index contributed by atoms with van der Waals surface area (Å²) < 4.78 is 17.4. The number of alkyl carbamates (subject to hydrolysis) is 1. The number of amides is 1. The third-order valence-electron chi connectivity index (χ3n) is 3.55. The van der Waals surface area contributed by atoms with Crippen molar-refractivity contribution >= 4 is 38.0 Å². The number of benzene rings is 2. The molecule has 0 spiro atoms. The average Bonchev–Trinajstić information content (AvgIpc) is 2.65. The lowest BCUT2D eigenvalue weighted by Crippen LogP contribution is -2.32. The minimum atomic E-state index is -0.495. The summed E-state index contributed by atoms with van der Waals surface area (Å²) in [5.74, 6) is 1.54. The van der Waals surface area contributed by atoms with E-state index in [1.807, 2.05) is 57.2 Å². The van der Waals surface area contributed by atoms with Crippen molar-refractivity contribution in [3.8, 4) is 11.5 Å². The van der Waals surface area contributed by atoms with Gasteiger partial charge in [-0.1, -0.05) is 24.3 Å². The molecule has 0 saturated carbocycles. The summed E-state index contributed by atoms with van der Waals surface area (Å²) in [6, 6.07) is 11.5. The number of nitrogens with one attached hydrogen (secondary N) is 1. The van der Waals surface area contributed by atoms with Crippen LogP contribution in [0, 0.1) is 0 Å². The van der Waals surface area contributed by atoms with Crippen molar-refractivity contribution in [3.05, 3.63) is 56.5 Å². The first-order valence-corrected chi connectivity index (χ1v) is 10.5. The Morgan fingerprint density at radius 1 is 0.966 bits per heavy atom. The lowest BCUT2D eigenvalue weighted by atomic mass is 10.2. The predicted octanol–water partition coefficient (Wildman–Crippen LogP) is 5.40. The summed E-state index contributed by atoms with van der Waals surface area (Å²) in [7, 11) is 3.23. The largest absolute Gasteiger partial charge is 0.495 e. The van der Waals surface area contributed by atoms with Crippen LogP contribution in [-0.4, -0.2) is 25.9 Å². The normalized spacial score (nSPS) is 10.5. The van der Waals surface area contributed by atoms with E-state index in [0.29, 0.717) is 18.8 Å². The number of para-hydroxylation sites is 2. The number of rotatable bonds is 5. The van der Waals surface area contributed by atoms with Crippen molar-refractivity contribution in [2.24, 2.45) is 5.73 Å². The van der Waals surface area contributed by atoms with Crippen molar-refractivity contribution < 1.29 is 19.0 Å². The first-order valence-electron chi connectivity index (χ1n) is 8.92. The van der Waals surface area contributed by atoms with Gasteiger partial charge in [-0.25, -0.2) is 4.79 Å². The van der Waals surface area contributed by atoms with Crippen LogP contribution in [0.25, 0.3) is 0 Å². The molecule has 0 aliphatic heterocycles. The zero-order chi connectivity index (χ0) is 22.0. The molecule has 0 radical (unpaired) electrons. The second-order valence-electron chi connectivity index (χ2n) is 6.92. The fourth-order valence-corrected chi connectivity index (χ4v) is 3.48. The molecular formula is C21H28Br2N2O4. The van der Waals surface area contributed by atoms with Gasteiger partial charge in [-0.3, -0.25) is 0 Å². The highest BCUT2D eigenvalue weighted by atomic mass is 79.9. The molecule has 2 aromatic rings. The number of nitrogens with two attached hydrogens (primary N) is 1. The van der Waals surface area contributed by atoms with Crippen LogP contribution in [0.5, 0.6) is 11.5 Å². The molecule has 6 nitrogen and oxygen atoms in total. The van der Waals surface area contributed by atoms with Gasteiger partial charge in [0.1, 0.15) is 17.1 Å². The molecule has 0 aromatic heterocycles. The van der Waals surface area contributed by atoms with Gasteiger partial charge in [-0.05, 0) is 64.8 Å². The van der Waals surface area contributed by atoms with E-state index in [1.165, 1.54) is 0 Å². The molecule has 0 fully saturated rings. The molecule has 2 aromatic carbocycles. The Morgan fingerprint density at radius 3 is 1.86 bits per heavy atom. The Hall–Kier alpha value is -1.77. The molecule has 160 valence electrons. The van der Waals surface area contributed by atoms with Crippen LogP contribution >= 0.6 is 31.9 Å². The second-order valence-corrected chi connectivity index (χ2v) is 8.63. The van der Waals surface area contributed by atoms with Crippen molar-refractivity contribution in [3.63, 3.8) is 0 Å². The van der Waals surface area contributed by atoms with Gasteiger partial charge in [-0.15, -0.1) is 0 Å². The van der Waals surface area contributed by atoms with Crippen LogP contribution in [0.4, 0.5) is 4.79 Å². The van der Waals surface area contributed by atoms with Gasteiger partial charge in [0, 0.05) is 24.2 Å². The number of hydrogen-bond acceptors (Lipinski definition) is 5. The Labute approximate surface area is 189 Å². The molecule has 0 saturated heterocycles. The third kappa shape index (κ3) is 8.64. The maximum Gasteiger partial charge on any atom is 0.407 e. The molecule has 29 heavy (non-hydrogen) atoms. The van der Waals surface area contributed by atoms with Crippen molar-refractivity contribution in [1.82, 2.24) is 5.32 Å². The number of hydrogen-bond donors (Lipinski definition) is 2. The molecule has 3 N–H and O–H groups in total. The first kappa shape index (κ1) is 25.3. The Kier molecular flexibility index (Phi) is 10.5. The Bertz CT molecular complexity index is 808. The van der Waals surface area contributed by atoms with E-state index < -0.39 is 11.7 Å². The van der Waals surface area contributed by atoms with E-state index in [0.717, 1.165) is 25.8 Å². The summed E-state index contributed by atoms with van der Waals surface area (Å²) in [6.45, 7) is 6.34. The highest BCUT2D eigenvalue weighted by Crippen LogP contribution is 2.29. The number of carbonyl (C=O) groups is 1. The molecule has 1 amide bonds. The standard InChI is InChI=1S/C13H18BrNO3.C8H10BrNO/c1-13(2,3)18-12(16)15-8-9-6-5-7-10(14)11(9)17-4;1-11-8-6(5-10)3-2-4-7(8)9/h5-7H,8H2,1-4H3,(H,15,16);2-4H,5,10H2,1H3. The smallest absolute Gasteiger partial charge is 0.407 e. The van der Waals surface area contributed by atoms with Gasteiger partial charge in [0.15, 0.2) is 0 Å². The van der Waals surface area contributed by atoms with Crippen LogP contribution < -0.4 is 20.5 Å². The minimum Gasteiger partial charge on any atom is -0.495 e. The average molecular weight is 532 g/mol. The quantitative estimate of drug-likeness (QED) is 0.539. The van der Waals surface area contributed by atoms with Crippen molar-refractivity contribution in [2.45, 2.75) is 39.5 Å².